The van der Waals surface area contributed by atoms with Crippen LogP contribution < -0.4 is 5.32 Å². The minimum atomic E-state index is -0.476. The predicted octanol–water partition coefficient (Wildman–Crippen LogP) is 3.71. The van der Waals surface area contributed by atoms with Gasteiger partial charge in [-0.2, -0.15) is 0 Å². The van der Waals surface area contributed by atoms with Gasteiger partial charge in [-0.1, -0.05) is 5.16 Å². The van der Waals surface area contributed by atoms with Crippen molar-refractivity contribution < 1.29 is 18.7 Å². The fourth-order valence-corrected chi connectivity index (χ4v) is 2.20. The van der Waals surface area contributed by atoms with Crippen LogP contribution in [0.1, 0.15) is 21.9 Å². The van der Waals surface area contributed by atoms with Crippen molar-refractivity contribution in [3.8, 4) is 11.3 Å². The summed E-state index contributed by atoms with van der Waals surface area (Å²) < 4.78 is 10.5. The zero-order valence-corrected chi connectivity index (χ0v) is 12.9. The molecule has 0 atom stereocenters. The lowest BCUT2D eigenvalue weighted by Gasteiger charge is -1.99. The molecule has 1 amide bonds. The molecule has 0 aliphatic carbocycles. The van der Waals surface area contributed by atoms with E-state index in [9.17, 15) is 14.9 Å². The number of benzene rings is 1. The van der Waals surface area contributed by atoms with E-state index in [2.05, 4.69) is 10.5 Å². The van der Waals surface area contributed by atoms with Crippen molar-refractivity contribution in [3.63, 3.8) is 0 Å². The summed E-state index contributed by atoms with van der Waals surface area (Å²) in [5.41, 5.74) is 1.27. The van der Waals surface area contributed by atoms with Gasteiger partial charge in [-0.25, -0.2) is 0 Å². The topological polar surface area (TPSA) is 111 Å². The first kappa shape index (κ1) is 15.5. The second-order valence-corrected chi connectivity index (χ2v) is 5.20. The van der Waals surface area contributed by atoms with Crippen LogP contribution in [-0.4, -0.2) is 16.0 Å². The summed E-state index contributed by atoms with van der Waals surface area (Å²) in [6.07, 6.45) is 0. The van der Waals surface area contributed by atoms with E-state index in [-0.39, 0.29) is 11.4 Å². The highest BCUT2D eigenvalue weighted by Gasteiger charge is 2.18. The highest BCUT2D eigenvalue weighted by atomic mass is 16.6. The van der Waals surface area contributed by atoms with E-state index in [0.29, 0.717) is 28.5 Å². The van der Waals surface area contributed by atoms with Crippen LogP contribution in [0.3, 0.4) is 0 Å². The molecule has 0 aliphatic rings. The summed E-state index contributed by atoms with van der Waals surface area (Å²) >= 11 is 0. The van der Waals surface area contributed by atoms with Gasteiger partial charge in [0, 0.05) is 29.3 Å². The molecule has 122 valence electrons. The molecule has 0 unspecified atom stereocenters. The number of anilines is 1. The number of rotatable bonds is 4. The van der Waals surface area contributed by atoms with Crippen LogP contribution in [-0.2, 0) is 0 Å². The molecule has 0 aliphatic heterocycles. The van der Waals surface area contributed by atoms with Crippen LogP contribution in [0.25, 0.3) is 11.3 Å². The number of amides is 1. The lowest BCUT2D eigenvalue weighted by atomic mass is 10.1. The summed E-state index contributed by atoms with van der Waals surface area (Å²) in [6, 6.07) is 9.19. The van der Waals surface area contributed by atoms with Gasteiger partial charge >= 0.3 is 0 Å². The van der Waals surface area contributed by atoms with Gasteiger partial charge in [-0.05, 0) is 32.0 Å². The molecular formula is C16H13N3O5. The number of carbonyl (C=O) groups is 1. The van der Waals surface area contributed by atoms with Gasteiger partial charge in [-0.3, -0.25) is 14.9 Å². The average Bonchev–Trinajstić information content (AvgIpc) is 3.13. The van der Waals surface area contributed by atoms with Crippen molar-refractivity contribution in [2.75, 3.05) is 5.32 Å². The van der Waals surface area contributed by atoms with Crippen LogP contribution in [0.15, 0.2) is 45.3 Å². The fourth-order valence-electron chi connectivity index (χ4n) is 2.20. The maximum absolute atomic E-state index is 12.3. The van der Waals surface area contributed by atoms with Gasteiger partial charge in [0.25, 0.3) is 11.6 Å². The third kappa shape index (κ3) is 3.02. The molecule has 3 aromatic rings. The Morgan fingerprint density at radius 3 is 2.50 bits per heavy atom. The third-order valence-corrected chi connectivity index (χ3v) is 3.36. The van der Waals surface area contributed by atoms with E-state index in [1.54, 1.807) is 38.1 Å². The summed E-state index contributed by atoms with van der Waals surface area (Å²) in [7, 11) is 0. The normalized spacial score (nSPS) is 10.6. The quantitative estimate of drug-likeness (QED) is 0.577. The Labute approximate surface area is 136 Å². The molecule has 0 saturated carbocycles. The Bertz CT molecular complexity index is 908. The summed E-state index contributed by atoms with van der Waals surface area (Å²) in [5.74, 6) is 1.01. The van der Waals surface area contributed by atoms with E-state index in [1.807, 2.05) is 0 Å². The summed E-state index contributed by atoms with van der Waals surface area (Å²) in [6.45, 7) is 3.45. The molecule has 0 spiro atoms. The largest absolute Gasteiger partial charge is 0.451 e. The van der Waals surface area contributed by atoms with Crippen molar-refractivity contribution >= 4 is 17.4 Å². The molecule has 1 aromatic carbocycles. The molecule has 2 aromatic heterocycles. The molecule has 0 bridgehead atoms. The SMILES string of the molecule is Cc1cc(NC(=O)c2oc(-c3ccc([N+](=O)[O-])cc3)cc2C)no1. The van der Waals surface area contributed by atoms with E-state index in [0.717, 1.165) is 0 Å². The van der Waals surface area contributed by atoms with Crippen LogP contribution in [0.2, 0.25) is 0 Å². The number of non-ortho nitro benzene ring substituents is 1. The Balaban J connectivity index is 1.84. The van der Waals surface area contributed by atoms with Gasteiger partial charge in [-0.15, -0.1) is 0 Å². The number of nitro groups is 1. The van der Waals surface area contributed by atoms with Crippen LogP contribution in [0, 0.1) is 24.0 Å². The van der Waals surface area contributed by atoms with Crippen molar-refractivity contribution in [3.05, 3.63) is 63.6 Å². The lowest BCUT2D eigenvalue weighted by molar-refractivity contribution is -0.384. The first-order valence-corrected chi connectivity index (χ1v) is 7.04. The molecule has 24 heavy (non-hydrogen) atoms. The lowest BCUT2D eigenvalue weighted by Crippen LogP contribution is -2.12. The van der Waals surface area contributed by atoms with E-state index < -0.39 is 10.8 Å². The average molecular weight is 327 g/mol. The Kier molecular flexibility index (Phi) is 3.87. The minimum Gasteiger partial charge on any atom is -0.451 e. The molecular weight excluding hydrogens is 314 g/mol. The number of aromatic nitrogens is 1. The molecule has 2 heterocycles. The zero-order chi connectivity index (χ0) is 17.3. The van der Waals surface area contributed by atoms with Gasteiger partial charge in [0.2, 0.25) is 0 Å². The highest BCUT2D eigenvalue weighted by Crippen LogP contribution is 2.27. The van der Waals surface area contributed by atoms with Crippen LogP contribution >= 0.6 is 0 Å². The second-order valence-electron chi connectivity index (χ2n) is 5.20. The van der Waals surface area contributed by atoms with Gasteiger partial charge in [0.15, 0.2) is 11.6 Å². The van der Waals surface area contributed by atoms with Crippen molar-refractivity contribution in [2.24, 2.45) is 0 Å². The number of hydrogen-bond acceptors (Lipinski definition) is 6. The maximum Gasteiger partial charge on any atom is 0.292 e. The van der Waals surface area contributed by atoms with Gasteiger partial charge < -0.3 is 14.3 Å². The van der Waals surface area contributed by atoms with Gasteiger partial charge in [0.05, 0.1) is 4.92 Å². The summed E-state index contributed by atoms with van der Waals surface area (Å²) in [5, 5.41) is 17.0. The maximum atomic E-state index is 12.3. The minimum absolute atomic E-state index is 0.0126. The first-order chi connectivity index (χ1) is 11.4. The number of nitro benzene ring substituents is 1. The Hall–Kier alpha value is -3.42. The molecule has 0 saturated heterocycles. The Morgan fingerprint density at radius 1 is 1.21 bits per heavy atom. The van der Waals surface area contributed by atoms with Gasteiger partial charge in [0.1, 0.15) is 11.5 Å². The number of nitrogens with one attached hydrogen (secondary N) is 1. The Morgan fingerprint density at radius 2 is 1.92 bits per heavy atom. The van der Waals surface area contributed by atoms with E-state index in [4.69, 9.17) is 8.94 Å². The van der Waals surface area contributed by atoms with Crippen LogP contribution in [0.4, 0.5) is 11.5 Å². The molecule has 0 radical (unpaired) electrons. The second kappa shape index (κ2) is 5.99. The van der Waals surface area contributed by atoms with Crippen molar-refractivity contribution in [2.45, 2.75) is 13.8 Å². The highest BCUT2D eigenvalue weighted by molar-refractivity contribution is 6.03. The third-order valence-electron chi connectivity index (χ3n) is 3.36. The number of nitrogens with zero attached hydrogens (tertiary/aromatic N) is 2. The number of aryl methyl sites for hydroxylation is 2. The fraction of sp³-hybridized carbons (Fsp3) is 0.125. The standard InChI is InChI=1S/C16H13N3O5/c1-9-7-13(11-3-5-12(6-4-11)19(21)22)23-15(9)16(20)17-14-8-10(2)24-18-14/h3-8H,1-2H3,(H,17,18,20). The van der Waals surface area contributed by atoms with E-state index in [1.165, 1.54) is 12.1 Å². The van der Waals surface area contributed by atoms with Crippen molar-refractivity contribution in [1.29, 1.82) is 0 Å². The van der Waals surface area contributed by atoms with E-state index >= 15 is 0 Å². The van der Waals surface area contributed by atoms with Crippen molar-refractivity contribution in [1.82, 2.24) is 5.16 Å². The smallest absolute Gasteiger partial charge is 0.292 e. The molecule has 8 heteroatoms. The first-order valence-electron chi connectivity index (χ1n) is 7.04. The molecule has 8 nitrogen and oxygen atoms in total. The zero-order valence-electron chi connectivity index (χ0n) is 12.9. The number of furan rings is 1. The van der Waals surface area contributed by atoms with Crippen LogP contribution in [0.5, 0.6) is 0 Å². The number of hydrogen-bond donors (Lipinski definition) is 1. The molecule has 1 N–H and O–H groups in total. The predicted molar refractivity (Wildman–Crippen MR) is 84.7 cm³/mol. The number of carbonyl (C=O) groups excluding carboxylic acids is 1. The monoisotopic (exact) mass is 327 g/mol. The molecule has 0 fully saturated rings. The molecule has 3 rings (SSSR count). The summed E-state index contributed by atoms with van der Waals surface area (Å²) in [4.78, 5) is 22.5.